The van der Waals surface area contributed by atoms with Crippen LogP contribution in [-0.4, -0.2) is 51.1 Å². The molecule has 5 nitrogen and oxygen atoms in total. The van der Waals surface area contributed by atoms with E-state index in [2.05, 4.69) is 15.9 Å². The quantitative estimate of drug-likeness (QED) is 0.853. The molecule has 2 amide bonds. The highest BCUT2D eigenvalue weighted by molar-refractivity contribution is 9.11. The first kappa shape index (κ1) is 16.6. The maximum Gasteiger partial charge on any atom is 0.327 e. The molecule has 0 bridgehead atoms. The van der Waals surface area contributed by atoms with Gasteiger partial charge in [-0.05, 0) is 39.4 Å². The first-order chi connectivity index (χ1) is 9.93. The highest BCUT2D eigenvalue weighted by Gasteiger charge is 2.41. The molecule has 1 saturated heterocycles. The molecule has 1 aliphatic heterocycles. The van der Waals surface area contributed by atoms with Crippen LogP contribution in [0.5, 0.6) is 0 Å². The summed E-state index contributed by atoms with van der Waals surface area (Å²) in [7, 11) is 1.71. The number of hydrogen-bond donors (Lipinski definition) is 1. The van der Waals surface area contributed by atoms with Crippen molar-refractivity contribution < 1.29 is 14.7 Å². The second-order valence-corrected chi connectivity index (χ2v) is 8.36. The molecule has 116 valence electrons. The summed E-state index contributed by atoms with van der Waals surface area (Å²) >= 11 is 6.50. The van der Waals surface area contributed by atoms with Crippen molar-refractivity contribution in [3.63, 3.8) is 0 Å². The maximum atomic E-state index is 12.6. The minimum absolute atomic E-state index is 0.0599. The van der Waals surface area contributed by atoms with Gasteiger partial charge in [0.05, 0.1) is 9.16 Å². The zero-order chi connectivity index (χ0) is 15.6. The molecule has 1 fully saturated rings. The Labute approximate surface area is 140 Å². The monoisotopic (exact) mass is 392 g/mol. The summed E-state index contributed by atoms with van der Waals surface area (Å²) in [5.41, 5.74) is 1.04. The van der Waals surface area contributed by atoms with Crippen molar-refractivity contribution in [2.45, 2.75) is 31.3 Å². The zero-order valence-electron chi connectivity index (χ0n) is 11.8. The van der Waals surface area contributed by atoms with Gasteiger partial charge >= 0.3 is 12.0 Å². The standard InChI is InChI=1S/C13H17BrN2O3S2/c1-3-11-16(9(7-21-11)12(17)18)13(19)15(2)5-8-4-10(14)20-6-8/h4,6,9,11H,3,5,7H2,1-2H3,(H,17,18). The molecule has 2 rings (SSSR count). The third-order valence-corrected chi connectivity index (χ3v) is 6.32. The molecule has 2 heterocycles. The molecule has 0 aliphatic carbocycles. The lowest BCUT2D eigenvalue weighted by molar-refractivity contribution is -0.141. The number of amides is 2. The highest BCUT2D eigenvalue weighted by atomic mass is 79.9. The number of carboxylic acids is 1. The molecule has 2 atom stereocenters. The lowest BCUT2D eigenvalue weighted by Crippen LogP contribution is -2.50. The Hall–Kier alpha value is -0.730. The van der Waals surface area contributed by atoms with Crippen molar-refractivity contribution in [2.24, 2.45) is 0 Å². The van der Waals surface area contributed by atoms with Gasteiger partial charge in [-0.15, -0.1) is 23.1 Å². The number of carbonyl (C=O) groups is 2. The summed E-state index contributed by atoms with van der Waals surface area (Å²) < 4.78 is 1.02. The maximum absolute atomic E-state index is 12.6. The molecule has 21 heavy (non-hydrogen) atoms. The van der Waals surface area contributed by atoms with Crippen LogP contribution in [0.3, 0.4) is 0 Å². The van der Waals surface area contributed by atoms with E-state index in [9.17, 15) is 14.7 Å². The fourth-order valence-corrected chi connectivity index (χ4v) is 4.83. The van der Waals surface area contributed by atoms with Gasteiger partial charge in [0, 0.05) is 19.3 Å². The number of urea groups is 1. The van der Waals surface area contributed by atoms with E-state index in [1.165, 1.54) is 16.7 Å². The van der Waals surface area contributed by atoms with E-state index in [0.717, 1.165) is 15.8 Å². The summed E-state index contributed by atoms with van der Waals surface area (Å²) in [5.74, 6) is -0.476. The summed E-state index contributed by atoms with van der Waals surface area (Å²) in [6, 6.07) is 1.02. The van der Waals surface area contributed by atoms with E-state index in [-0.39, 0.29) is 11.4 Å². The van der Waals surface area contributed by atoms with Crippen LogP contribution in [0, 0.1) is 0 Å². The number of thioether (sulfide) groups is 1. The van der Waals surface area contributed by atoms with Crippen LogP contribution in [0.2, 0.25) is 0 Å². The number of carbonyl (C=O) groups excluding carboxylic acids is 1. The Bertz CT molecular complexity index is 537. The van der Waals surface area contributed by atoms with Gasteiger partial charge in [0.25, 0.3) is 0 Å². The first-order valence-corrected chi connectivity index (χ1v) is 9.27. The van der Waals surface area contributed by atoms with Crippen LogP contribution in [-0.2, 0) is 11.3 Å². The van der Waals surface area contributed by atoms with Gasteiger partial charge in [0.15, 0.2) is 0 Å². The second kappa shape index (κ2) is 7.02. The Morgan fingerprint density at radius 3 is 2.81 bits per heavy atom. The van der Waals surface area contributed by atoms with Crippen molar-refractivity contribution in [3.05, 3.63) is 20.8 Å². The van der Waals surface area contributed by atoms with Crippen molar-refractivity contribution in [1.29, 1.82) is 0 Å². The van der Waals surface area contributed by atoms with Gasteiger partial charge in [0.2, 0.25) is 0 Å². The second-order valence-electron chi connectivity index (χ2n) is 4.86. The van der Waals surface area contributed by atoms with Gasteiger partial charge in [-0.3, -0.25) is 4.90 Å². The molecule has 1 N–H and O–H groups in total. The summed E-state index contributed by atoms with van der Waals surface area (Å²) in [4.78, 5) is 27.0. The summed E-state index contributed by atoms with van der Waals surface area (Å²) in [6.07, 6.45) is 0.748. The van der Waals surface area contributed by atoms with Gasteiger partial charge in [0.1, 0.15) is 6.04 Å². The van der Waals surface area contributed by atoms with Gasteiger partial charge < -0.3 is 10.0 Å². The van der Waals surface area contributed by atoms with E-state index >= 15 is 0 Å². The lowest BCUT2D eigenvalue weighted by atomic mass is 10.2. The van der Waals surface area contributed by atoms with Crippen LogP contribution >= 0.6 is 39.0 Å². The average molecular weight is 393 g/mol. The van der Waals surface area contributed by atoms with E-state index in [0.29, 0.717) is 12.3 Å². The van der Waals surface area contributed by atoms with Crippen LogP contribution < -0.4 is 0 Å². The van der Waals surface area contributed by atoms with Crippen molar-refractivity contribution in [3.8, 4) is 0 Å². The number of nitrogens with zero attached hydrogens (tertiary/aromatic N) is 2. The third-order valence-electron chi connectivity index (χ3n) is 3.32. The van der Waals surface area contributed by atoms with Gasteiger partial charge in [-0.25, -0.2) is 9.59 Å². The SMILES string of the molecule is CCC1SCC(C(=O)O)N1C(=O)N(C)Cc1csc(Br)c1. The molecule has 2 unspecified atom stereocenters. The van der Waals surface area contributed by atoms with Crippen LogP contribution in [0.25, 0.3) is 0 Å². The van der Waals surface area contributed by atoms with Gasteiger partial charge in [-0.2, -0.15) is 0 Å². The fraction of sp³-hybridized carbons (Fsp3) is 0.538. The molecule has 1 aliphatic rings. The largest absolute Gasteiger partial charge is 0.480 e. The fourth-order valence-electron chi connectivity index (χ4n) is 2.29. The first-order valence-electron chi connectivity index (χ1n) is 6.54. The van der Waals surface area contributed by atoms with E-state index in [1.807, 2.05) is 18.4 Å². The molecule has 0 aromatic carbocycles. The Kier molecular flexibility index (Phi) is 5.56. The van der Waals surface area contributed by atoms with E-state index < -0.39 is 12.0 Å². The molecule has 0 spiro atoms. The number of thiophene rings is 1. The average Bonchev–Trinajstić information content (AvgIpc) is 3.03. The van der Waals surface area contributed by atoms with Crippen molar-refractivity contribution in [1.82, 2.24) is 9.80 Å². The predicted molar refractivity (Wildman–Crippen MR) is 88.7 cm³/mol. The Morgan fingerprint density at radius 2 is 2.29 bits per heavy atom. The summed E-state index contributed by atoms with van der Waals surface area (Å²) in [5, 5.41) is 11.2. The number of halogens is 1. The smallest absolute Gasteiger partial charge is 0.327 e. The van der Waals surface area contributed by atoms with Crippen molar-refractivity contribution in [2.75, 3.05) is 12.8 Å². The highest BCUT2D eigenvalue weighted by Crippen LogP contribution is 2.32. The number of hydrogen-bond acceptors (Lipinski definition) is 4. The minimum atomic E-state index is -0.932. The molecule has 1 aromatic rings. The molecule has 0 radical (unpaired) electrons. The Balaban J connectivity index is 2.10. The number of carboxylic acid groups (broad SMARTS) is 1. The van der Waals surface area contributed by atoms with Crippen LogP contribution in [0.1, 0.15) is 18.9 Å². The van der Waals surface area contributed by atoms with E-state index in [4.69, 9.17) is 0 Å². The third kappa shape index (κ3) is 3.73. The topological polar surface area (TPSA) is 60.9 Å². The molecule has 1 aromatic heterocycles. The summed E-state index contributed by atoms with van der Waals surface area (Å²) in [6.45, 7) is 2.45. The molecule has 8 heteroatoms. The molecular weight excluding hydrogens is 376 g/mol. The van der Waals surface area contributed by atoms with E-state index in [1.54, 1.807) is 23.3 Å². The lowest BCUT2D eigenvalue weighted by Gasteiger charge is -2.31. The van der Waals surface area contributed by atoms with Gasteiger partial charge in [-0.1, -0.05) is 6.92 Å². The van der Waals surface area contributed by atoms with Crippen LogP contribution in [0.15, 0.2) is 15.2 Å². The molecular formula is C13H17BrN2O3S2. The molecule has 0 saturated carbocycles. The Morgan fingerprint density at radius 1 is 1.57 bits per heavy atom. The van der Waals surface area contributed by atoms with Crippen molar-refractivity contribution >= 4 is 51.0 Å². The number of aliphatic carboxylic acids is 1. The zero-order valence-corrected chi connectivity index (χ0v) is 15.0. The number of rotatable bonds is 4. The normalized spacial score (nSPS) is 21.6. The predicted octanol–water partition coefficient (Wildman–Crippen LogP) is 3.30. The minimum Gasteiger partial charge on any atom is -0.480 e. The van der Waals surface area contributed by atoms with Crippen LogP contribution in [0.4, 0.5) is 4.79 Å².